The van der Waals surface area contributed by atoms with Crippen molar-refractivity contribution < 1.29 is 91.5 Å². The molecule has 0 bridgehead atoms. The maximum atomic E-state index is 11.9. The van der Waals surface area contributed by atoms with E-state index in [0.29, 0.717) is 51.3 Å². The van der Waals surface area contributed by atoms with Crippen molar-refractivity contribution in [3.63, 3.8) is 0 Å². The molecular weight excluding hydrogens is 1830 g/mol. The number of aliphatic hydroxyl groups excluding tert-OH is 3. The van der Waals surface area contributed by atoms with Crippen LogP contribution in [0, 0.1) is 27.8 Å². The van der Waals surface area contributed by atoms with Gasteiger partial charge in [0, 0.05) is 121 Å². The number of esters is 2. The third-order valence-electron chi connectivity index (χ3n) is 13.4. The number of cyclic esters (lactones) is 2. The number of rotatable bonds is 21. The molecule has 0 radical (unpaired) electrons. The van der Waals surface area contributed by atoms with E-state index < -0.39 is 57.2 Å². The number of hydrogen-bond donors (Lipinski definition) is 6. The number of alkyl halides is 4. The van der Waals surface area contributed by atoms with Gasteiger partial charge >= 0.3 is 124 Å². The Balaban J connectivity index is 0.000000639. The second-order valence-electron chi connectivity index (χ2n) is 23.5. The van der Waals surface area contributed by atoms with Crippen molar-refractivity contribution in [1.82, 2.24) is 34.9 Å². The zero-order chi connectivity index (χ0) is 84.8. The standard InChI is InChI=1S/C12H13IO6.C11H12BrNO2.C11H15NO2.C11H13NO2.C11H11NO2.C7H6BrNO.C6H6Br2O4.C4H6N4O.C4H6O/c1-8(14)17-13(3,18-9(2)15)11-7-5-4-6-10(11)12(16)19-13;1-8(15)11-5-3-9(6-13-11)2-4-10(12)7-14;3*1-9(14)11-6-5-10(8-12-11)4-2-3-7-13;1-5(10)7-3-2-6(8)4-9-7;1-5(2)11-3(9)6(7,8)4(10)12-5;5-2-1-3(9)8-4(6)7-2;1-2-3-4-5/h4-7H,1-3H3;3,5-7,10H,2,4H2,1H3;5-6,8,13H,2-4,7H2,1H3;5-8H,2-4H2,1H3;5-6,8,13H,3,7H2,1H3;2-4H,1H3;1-2H3;1H,(H5,5,6,7,8,9);1,5H,3-4H2. The van der Waals surface area contributed by atoms with Gasteiger partial charge in [0.1, 0.15) is 46.9 Å². The van der Waals surface area contributed by atoms with Crippen molar-refractivity contribution in [3.05, 3.63) is 197 Å². The number of nitrogen functional groups attached to an aromatic ring is 2. The Labute approximate surface area is 683 Å². The molecule has 0 aliphatic carbocycles. The number of Topliss-reactive ketones (excluding diaryl/α,β-unsaturated/α-hetero) is 5. The van der Waals surface area contributed by atoms with E-state index in [0.717, 1.165) is 90.3 Å². The quantitative estimate of drug-likeness (QED) is 0.00569. The van der Waals surface area contributed by atoms with Crippen LogP contribution in [0.4, 0.5) is 11.8 Å². The summed E-state index contributed by atoms with van der Waals surface area (Å²) >= 11 is 7.13. The van der Waals surface area contributed by atoms with Crippen molar-refractivity contribution >= 4 is 165 Å². The van der Waals surface area contributed by atoms with Gasteiger partial charge in [-0.15, -0.1) is 12.3 Å². The molecule has 8 heterocycles. The Morgan fingerprint density at radius 1 is 0.616 bits per heavy atom. The van der Waals surface area contributed by atoms with Gasteiger partial charge in [-0.05, 0) is 152 Å². The van der Waals surface area contributed by atoms with Crippen LogP contribution < -0.4 is 17.0 Å². The minimum absolute atomic E-state index is 0.00694. The number of terminal acetylenes is 1. The van der Waals surface area contributed by atoms with E-state index in [1.165, 1.54) is 67.2 Å². The Kier molecular flexibility index (Phi) is 46.2. The number of fused-ring (bicyclic) bond motifs is 1. The van der Waals surface area contributed by atoms with Crippen LogP contribution in [0.3, 0.4) is 0 Å². The summed E-state index contributed by atoms with van der Waals surface area (Å²) in [6.07, 6.45) is 22.2. The second-order valence-corrected chi connectivity index (χ2v) is 37.6. The topological polar surface area (TPSA) is 474 Å². The monoisotopic (exact) mass is 1920 g/mol. The molecule has 6 aromatic heterocycles. The molecule has 1 atom stereocenters. The number of aromatic nitrogens is 7. The fourth-order valence-corrected chi connectivity index (χ4v) is 16.6. The van der Waals surface area contributed by atoms with E-state index >= 15 is 0 Å². The Morgan fingerprint density at radius 3 is 1.43 bits per heavy atom. The van der Waals surface area contributed by atoms with Gasteiger partial charge in [0.2, 0.25) is 5.95 Å². The molecule has 7 aromatic rings. The number of halogens is 5. The molecule has 1 fully saturated rings. The Bertz CT molecular complexity index is 4410. The molecule has 2 aliphatic heterocycles. The van der Waals surface area contributed by atoms with Gasteiger partial charge in [-0.1, -0.05) is 46.0 Å². The summed E-state index contributed by atoms with van der Waals surface area (Å²) in [5.74, 6) is 3.36. The van der Waals surface area contributed by atoms with Crippen molar-refractivity contribution in [1.29, 1.82) is 0 Å². The Morgan fingerprint density at radius 2 is 1.06 bits per heavy atom. The third kappa shape index (κ3) is 38.9. The number of aliphatic hydroxyl groups is 3. The predicted molar refractivity (Wildman–Crippen MR) is 439 cm³/mol. The number of carbonyl (C=O) groups excluding carboxylic acids is 12. The van der Waals surface area contributed by atoms with Crippen LogP contribution in [0.5, 0.6) is 0 Å². The minimum Gasteiger partial charge on any atom is -0.421 e. The molecule has 112 heavy (non-hydrogen) atoms. The molecule has 0 amide bonds. The van der Waals surface area contributed by atoms with Crippen molar-refractivity contribution in [3.8, 4) is 24.2 Å². The van der Waals surface area contributed by atoms with Gasteiger partial charge in [0.15, 0.2) is 28.9 Å². The molecule has 0 saturated carbocycles. The number of nitrogens with two attached hydrogens (primary N) is 2. The minimum atomic E-state index is -5.01. The maximum absolute atomic E-state index is 11.9. The SMILES string of the molecule is C#CCCO.CC(=O)OI1(C)(OC(C)=O)OC(=O)c2ccccc21.CC(=O)c1ccc(Br)cn1.CC(=O)c1ccc(C#CCCO)cn1.CC(=O)c1ccc(CCC(Br)C=O)cn1.CC(=O)c1ccc(CCCC=O)cn1.CC(=O)c1ccc(CCCCO)cn1.CC1(C)OC(=O)C(Br)(Br)C(=O)O1.Nc1cc(=O)[nH]c(N)n1. The molecule has 602 valence electrons. The summed E-state index contributed by atoms with van der Waals surface area (Å²) in [7, 11) is 0. The number of benzene rings is 1. The first-order valence-corrected chi connectivity index (χ1v) is 42.6. The Hall–Kier alpha value is -9.86. The smallest absolute Gasteiger partial charge is 0.348 e. The number of H-pyrrole nitrogens is 1. The number of ketones is 5. The van der Waals surface area contributed by atoms with Crippen LogP contribution in [-0.2, 0) is 66.7 Å². The summed E-state index contributed by atoms with van der Waals surface area (Å²) < 4.78 is 25.1. The van der Waals surface area contributed by atoms with E-state index in [2.05, 4.69) is 116 Å². The number of aldehydes is 2. The zero-order valence-electron chi connectivity index (χ0n) is 63.0. The number of anilines is 2. The molecule has 35 heteroatoms. The molecule has 1 unspecified atom stereocenters. The molecule has 1 aromatic carbocycles. The van der Waals surface area contributed by atoms with Crippen molar-refractivity contribution in [2.24, 2.45) is 0 Å². The van der Waals surface area contributed by atoms with Gasteiger partial charge < -0.3 is 45.8 Å². The number of pyridine rings is 5. The second kappa shape index (κ2) is 51.6. The van der Waals surface area contributed by atoms with Gasteiger partial charge in [0.05, 0.1) is 18.0 Å². The number of ether oxygens (including phenoxy) is 2. The van der Waals surface area contributed by atoms with Crippen LogP contribution in [0.25, 0.3) is 0 Å². The van der Waals surface area contributed by atoms with Gasteiger partial charge in [-0.3, -0.25) is 58.7 Å². The fraction of sp³-hybridized carbons (Fsp3) is 0.338. The van der Waals surface area contributed by atoms with Crippen molar-refractivity contribution in [2.75, 3.05) is 36.2 Å². The average molecular weight is 1920 g/mol. The number of aromatic amines is 1. The fourth-order valence-electron chi connectivity index (χ4n) is 8.14. The summed E-state index contributed by atoms with van der Waals surface area (Å²) in [5, 5.41) is 25.0. The summed E-state index contributed by atoms with van der Waals surface area (Å²) in [4.78, 5) is 169. The van der Waals surface area contributed by atoms with E-state index in [4.69, 9.17) is 51.9 Å². The number of nitrogens with zero attached hydrogens (tertiary/aromatic N) is 6. The largest absolute Gasteiger partial charge is 0.421 e. The van der Waals surface area contributed by atoms with Crippen LogP contribution in [0.2, 0.25) is 0 Å². The van der Waals surface area contributed by atoms with Crippen LogP contribution in [0.15, 0.2) is 131 Å². The van der Waals surface area contributed by atoms with Gasteiger partial charge in [-0.2, -0.15) is 4.98 Å². The van der Waals surface area contributed by atoms with Crippen LogP contribution in [-0.4, -0.2) is 160 Å². The average Bonchev–Trinajstić information content (AvgIpc) is 1.55. The summed E-state index contributed by atoms with van der Waals surface area (Å²) in [6, 6.07) is 25.3. The summed E-state index contributed by atoms with van der Waals surface area (Å²) in [5.41, 5.74) is 16.6. The first-order chi connectivity index (χ1) is 52.6. The molecular formula is C77H88Br4IN9O21. The van der Waals surface area contributed by atoms with E-state index in [1.54, 1.807) is 97.7 Å². The number of hydrogen-bond acceptors (Lipinski definition) is 29. The first kappa shape index (κ1) is 100. The maximum Gasteiger partial charge on any atom is 0.348 e. The number of carbonyl (C=O) groups is 12. The molecule has 9 rings (SSSR count). The van der Waals surface area contributed by atoms with Crippen LogP contribution >= 0.6 is 82.0 Å². The van der Waals surface area contributed by atoms with E-state index in [9.17, 15) is 62.3 Å². The molecule has 30 nitrogen and oxygen atoms in total. The summed E-state index contributed by atoms with van der Waals surface area (Å²) in [6.45, 7) is 13.2. The number of unbranched alkanes of at least 4 members (excludes halogenated alkanes) is 2. The van der Waals surface area contributed by atoms with Crippen LogP contribution in [0.1, 0.15) is 192 Å². The number of nitrogens with one attached hydrogen (secondary N) is 1. The molecule has 0 spiro atoms. The molecule has 8 N–H and O–H groups in total. The zero-order valence-corrected chi connectivity index (χ0v) is 71.5. The normalized spacial score (nSPS) is 13.4. The van der Waals surface area contributed by atoms with E-state index in [-0.39, 0.29) is 76.5 Å². The predicted octanol–water partition coefficient (Wildman–Crippen LogP) is 11.0. The number of aryl methyl sites for hydroxylation is 3. The first-order valence-electron chi connectivity index (χ1n) is 33.5. The molecule has 1 saturated heterocycles. The van der Waals surface area contributed by atoms with Gasteiger partial charge in [-0.25, -0.2) is 9.59 Å². The molecule has 2 aliphatic rings. The third-order valence-corrected chi connectivity index (χ3v) is 24.0. The van der Waals surface area contributed by atoms with E-state index in [1.807, 2.05) is 18.2 Å². The van der Waals surface area contributed by atoms with Crippen molar-refractivity contribution in [2.45, 2.75) is 140 Å². The van der Waals surface area contributed by atoms with Gasteiger partial charge in [0.25, 0.3) is 14.6 Å².